The first-order chi connectivity index (χ1) is 7.45. The van der Waals surface area contributed by atoms with Crippen LogP contribution in [-0.4, -0.2) is 47.1 Å². The van der Waals surface area contributed by atoms with Crippen molar-refractivity contribution in [3.8, 4) is 0 Å². The van der Waals surface area contributed by atoms with E-state index in [0.717, 1.165) is 6.42 Å². The lowest BCUT2D eigenvalue weighted by Crippen LogP contribution is -2.24. The number of nitrogens with two attached hydrogens (primary N) is 1. The summed E-state index contributed by atoms with van der Waals surface area (Å²) in [5.41, 5.74) is 5.35. The molecule has 0 fully saturated rings. The third-order valence-electron chi connectivity index (χ3n) is 1.80. The van der Waals surface area contributed by atoms with E-state index in [4.69, 9.17) is 20.5 Å². The second-order valence-electron chi connectivity index (χ2n) is 3.35. The molecule has 0 aliphatic carbocycles. The Morgan fingerprint density at radius 2 is 2.12 bits per heavy atom. The van der Waals surface area contributed by atoms with Gasteiger partial charge in [0.1, 0.15) is 6.10 Å². The predicted molar refractivity (Wildman–Crippen MR) is 57.7 cm³/mol. The van der Waals surface area contributed by atoms with Crippen LogP contribution in [0.25, 0.3) is 0 Å². The molecule has 16 heavy (non-hydrogen) atoms. The van der Waals surface area contributed by atoms with Crippen LogP contribution in [0.15, 0.2) is 0 Å². The van der Waals surface area contributed by atoms with Crippen LogP contribution in [-0.2, 0) is 13.6 Å². The van der Waals surface area contributed by atoms with Crippen LogP contribution in [0.5, 0.6) is 0 Å². The maximum Gasteiger partial charge on any atom is 0.472 e. The first-order valence-corrected chi connectivity index (χ1v) is 6.59. The molecule has 0 spiro atoms. The van der Waals surface area contributed by atoms with E-state index in [-0.39, 0.29) is 6.54 Å². The van der Waals surface area contributed by atoms with Gasteiger partial charge in [-0.05, 0) is 6.42 Å². The topological polar surface area (TPSA) is 122 Å². The molecule has 5 N–H and O–H groups in total. The fraction of sp³-hybridized carbons (Fsp3) is 1.00. The number of phosphoric acid groups is 1. The van der Waals surface area contributed by atoms with Gasteiger partial charge in [0.2, 0.25) is 0 Å². The minimum absolute atomic E-state index is 0.115. The van der Waals surface area contributed by atoms with E-state index in [1.807, 2.05) is 6.92 Å². The SMILES string of the molecule is CCCC(CN)OP(=O)(O)OC[C@H](O)CO. The van der Waals surface area contributed by atoms with Crippen molar-refractivity contribution in [3.63, 3.8) is 0 Å². The van der Waals surface area contributed by atoms with Gasteiger partial charge in [-0.25, -0.2) is 4.57 Å². The monoisotopic (exact) mass is 257 g/mol. The molecule has 0 saturated heterocycles. The van der Waals surface area contributed by atoms with E-state index < -0.39 is 33.2 Å². The Bertz CT molecular complexity index is 227. The smallest absolute Gasteiger partial charge is 0.394 e. The van der Waals surface area contributed by atoms with Crippen LogP contribution in [0.3, 0.4) is 0 Å². The van der Waals surface area contributed by atoms with Crippen LogP contribution in [0.1, 0.15) is 19.8 Å². The fourth-order valence-corrected chi connectivity index (χ4v) is 1.98. The lowest BCUT2D eigenvalue weighted by atomic mass is 10.2. The Kier molecular flexibility index (Phi) is 8.13. The molecule has 0 bridgehead atoms. The Morgan fingerprint density at radius 3 is 2.56 bits per heavy atom. The van der Waals surface area contributed by atoms with Crippen LogP contribution in [0.4, 0.5) is 0 Å². The molecule has 0 aromatic heterocycles. The van der Waals surface area contributed by atoms with Crippen molar-refractivity contribution < 1.29 is 28.7 Å². The van der Waals surface area contributed by atoms with Gasteiger partial charge in [-0.3, -0.25) is 9.05 Å². The van der Waals surface area contributed by atoms with Gasteiger partial charge in [0.05, 0.1) is 19.3 Å². The van der Waals surface area contributed by atoms with E-state index >= 15 is 0 Å². The summed E-state index contributed by atoms with van der Waals surface area (Å²) in [6.07, 6.45) is -0.438. The number of phosphoric ester groups is 1. The fourth-order valence-electron chi connectivity index (χ4n) is 0.987. The number of hydrogen-bond acceptors (Lipinski definition) is 6. The molecule has 0 aliphatic rings. The second kappa shape index (κ2) is 8.14. The average Bonchev–Trinajstić information content (AvgIpc) is 2.25. The third kappa shape index (κ3) is 7.29. The van der Waals surface area contributed by atoms with Crippen molar-refractivity contribution in [2.75, 3.05) is 19.8 Å². The van der Waals surface area contributed by atoms with Gasteiger partial charge >= 0.3 is 7.82 Å². The van der Waals surface area contributed by atoms with E-state index in [2.05, 4.69) is 4.52 Å². The zero-order valence-corrected chi connectivity index (χ0v) is 10.2. The molecule has 0 aromatic carbocycles. The Balaban J connectivity index is 4.06. The highest BCUT2D eigenvalue weighted by Crippen LogP contribution is 2.45. The first kappa shape index (κ1) is 16.0. The average molecular weight is 257 g/mol. The summed E-state index contributed by atoms with van der Waals surface area (Å²) in [4.78, 5) is 9.25. The van der Waals surface area contributed by atoms with Gasteiger partial charge in [0.25, 0.3) is 0 Å². The lowest BCUT2D eigenvalue weighted by Gasteiger charge is -2.19. The third-order valence-corrected chi connectivity index (χ3v) is 2.84. The number of aliphatic hydroxyl groups is 2. The Morgan fingerprint density at radius 1 is 1.50 bits per heavy atom. The zero-order chi connectivity index (χ0) is 12.6. The summed E-state index contributed by atoms with van der Waals surface area (Å²) in [6, 6.07) is 0. The quantitative estimate of drug-likeness (QED) is 0.414. The van der Waals surface area contributed by atoms with Crippen LogP contribution < -0.4 is 5.73 Å². The minimum atomic E-state index is -4.21. The van der Waals surface area contributed by atoms with Crippen molar-refractivity contribution >= 4 is 7.82 Å². The van der Waals surface area contributed by atoms with Crippen LogP contribution in [0, 0.1) is 0 Å². The molecular formula is C8H20NO6P. The van der Waals surface area contributed by atoms with Gasteiger partial charge in [-0.1, -0.05) is 13.3 Å². The standard InChI is InChI=1S/C8H20NO6P/c1-2-3-8(4-9)15-16(12,13)14-6-7(11)5-10/h7-8,10-11H,2-6,9H2,1H3,(H,12,13)/t7-,8?/m1/s1. The Hall–Kier alpha value is -0.0100. The summed E-state index contributed by atoms with van der Waals surface area (Å²) in [6.45, 7) is 0.998. The van der Waals surface area contributed by atoms with Gasteiger partial charge in [-0.2, -0.15) is 0 Å². The van der Waals surface area contributed by atoms with Crippen LogP contribution in [0.2, 0.25) is 0 Å². The molecule has 7 nitrogen and oxygen atoms in total. The highest BCUT2D eigenvalue weighted by Gasteiger charge is 2.26. The molecule has 3 atom stereocenters. The molecule has 0 aromatic rings. The van der Waals surface area contributed by atoms with Crippen molar-refractivity contribution in [2.45, 2.75) is 32.0 Å². The van der Waals surface area contributed by atoms with Crippen LogP contribution >= 0.6 is 7.82 Å². The lowest BCUT2D eigenvalue weighted by molar-refractivity contribution is 0.0287. The Labute approximate surface area is 94.8 Å². The molecule has 2 unspecified atom stereocenters. The first-order valence-electron chi connectivity index (χ1n) is 5.09. The molecule has 0 aliphatic heterocycles. The second-order valence-corrected chi connectivity index (χ2v) is 4.76. The molecule has 0 rings (SSSR count). The van der Waals surface area contributed by atoms with Crippen molar-refractivity contribution in [1.82, 2.24) is 0 Å². The molecule has 98 valence electrons. The largest absolute Gasteiger partial charge is 0.472 e. The summed E-state index contributed by atoms with van der Waals surface area (Å²) >= 11 is 0. The molecule has 0 radical (unpaired) electrons. The molecule has 0 heterocycles. The van der Waals surface area contributed by atoms with Gasteiger partial charge in [-0.15, -0.1) is 0 Å². The minimum Gasteiger partial charge on any atom is -0.394 e. The van der Waals surface area contributed by atoms with Crippen molar-refractivity contribution in [3.05, 3.63) is 0 Å². The predicted octanol–water partition coefficient (Wildman–Crippen LogP) is -0.399. The van der Waals surface area contributed by atoms with Crippen molar-refractivity contribution in [1.29, 1.82) is 0 Å². The molecule has 8 heteroatoms. The highest BCUT2D eigenvalue weighted by molar-refractivity contribution is 7.47. The summed E-state index contributed by atoms with van der Waals surface area (Å²) in [5.74, 6) is 0. The number of rotatable bonds is 9. The summed E-state index contributed by atoms with van der Waals surface area (Å²) in [7, 11) is -4.21. The molecular weight excluding hydrogens is 237 g/mol. The maximum atomic E-state index is 11.3. The van der Waals surface area contributed by atoms with E-state index in [9.17, 15) is 9.46 Å². The van der Waals surface area contributed by atoms with Gasteiger partial charge in [0, 0.05) is 6.54 Å². The number of aliphatic hydroxyl groups excluding tert-OH is 2. The van der Waals surface area contributed by atoms with E-state index in [0.29, 0.717) is 6.42 Å². The number of hydrogen-bond donors (Lipinski definition) is 4. The highest BCUT2D eigenvalue weighted by atomic mass is 31.2. The maximum absolute atomic E-state index is 11.3. The van der Waals surface area contributed by atoms with E-state index in [1.54, 1.807) is 0 Å². The van der Waals surface area contributed by atoms with Gasteiger partial charge < -0.3 is 20.8 Å². The zero-order valence-electron chi connectivity index (χ0n) is 9.28. The molecule has 0 saturated carbocycles. The van der Waals surface area contributed by atoms with E-state index in [1.165, 1.54) is 0 Å². The summed E-state index contributed by atoms with van der Waals surface area (Å²) in [5, 5.41) is 17.4. The van der Waals surface area contributed by atoms with Crippen molar-refractivity contribution in [2.24, 2.45) is 5.73 Å². The normalized spacial score (nSPS) is 19.1. The summed E-state index contributed by atoms with van der Waals surface area (Å²) < 4.78 is 20.6. The molecule has 0 amide bonds. The van der Waals surface area contributed by atoms with Gasteiger partial charge in [0.15, 0.2) is 0 Å².